The Bertz CT molecular complexity index is 2890. The largest absolute Gasteiger partial charge is 0.310 e. The van der Waals surface area contributed by atoms with Gasteiger partial charge in [0.2, 0.25) is 0 Å². The molecule has 10 aromatic rings. The molecule has 2 heterocycles. The lowest BCUT2D eigenvalue weighted by Crippen LogP contribution is -2.10. The van der Waals surface area contributed by atoms with Crippen molar-refractivity contribution in [1.82, 2.24) is 4.57 Å². The number of hydrogen-bond acceptors (Lipinski definition) is 2. The molecule has 236 valence electrons. The average Bonchev–Trinajstić information content (AvgIpc) is 3.71. The van der Waals surface area contributed by atoms with Gasteiger partial charge in [0.15, 0.2) is 0 Å². The van der Waals surface area contributed by atoms with E-state index in [-0.39, 0.29) is 0 Å². The van der Waals surface area contributed by atoms with Crippen molar-refractivity contribution in [2.24, 2.45) is 0 Å². The first-order valence-corrected chi connectivity index (χ1v) is 18.0. The minimum atomic E-state index is 0.690. The van der Waals surface area contributed by atoms with Gasteiger partial charge in [-0.3, -0.25) is 0 Å². The van der Waals surface area contributed by atoms with Gasteiger partial charge in [-0.2, -0.15) is 0 Å². The van der Waals surface area contributed by atoms with Gasteiger partial charge in [-0.05, 0) is 89.3 Å². The van der Waals surface area contributed by atoms with Gasteiger partial charge in [0.25, 0.3) is 0 Å². The Balaban J connectivity index is 1.18. The smallest absolute Gasteiger partial charge is 0.0619 e. The first-order valence-electron chi connectivity index (χ1n) is 16.8. The molecular formula is C46H29ClN2S. The number of benzene rings is 8. The molecule has 0 spiro atoms. The van der Waals surface area contributed by atoms with Crippen LogP contribution in [0.25, 0.3) is 69.6 Å². The number of anilines is 3. The minimum absolute atomic E-state index is 0.690. The summed E-state index contributed by atoms with van der Waals surface area (Å²) in [5.74, 6) is 0. The summed E-state index contributed by atoms with van der Waals surface area (Å²) in [7, 11) is 0. The van der Waals surface area contributed by atoms with E-state index in [1.807, 2.05) is 11.3 Å². The standard InChI is InChI=1S/C46H29ClN2S/c47-33-25-32(26-37(28-33)48(34-12-3-1-4-13-34)36-21-24-45-42(29-36)40-17-9-10-18-44(40)50-45)31-20-22-39-41-23-19-30-11-7-8-16-38(30)46(41)49(43(39)27-31)35-14-5-2-6-15-35/h1-29H. The highest BCUT2D eigenvalue weighted by atomic mass is 35.5. The molecule has 0 aliphatic carbocycles. The maximum Gasteiger partial charge on any atom is 0.0619 e. The second-order valence-corrected chi connectivity index (χ2v) is 14.3. The third-order valence-electron chi connectivity index (χ3n) is 9.77. The lowest BCUT2D eigenvalue weighted by Gasteiger charge is -2.26. The van der Waals surface area contributed by atoms with Crippen LogP contribution in [0, 0.1) is 0 Å². The molecule has 0 fully saturated rings. The summed E-state index contributed by atoms with van der Waals surface area (Å²) in [5.41, 5.74) is 8.87. The van der Waals surface area contributed by atoms with Gasteiger partial charge in [0, 0.05) is 64.1 Å². The van der Waals surface area contributed by atoms with Crippen molar-refractivity contribution in [3.05, 3.63) is 181 Å². The Hall–Kier alpha value is -5.87. The van der Waals surface area contributed by atoms with Crippen molar-refractivity contribution in [3.63, 3.8) is 0 Å². The zero-order valence-electron chi connectivity index (χ0n) is 26.9. The lowest BCUT2D eigenvalue weighted by atomic mass is 10.0. The topological polar surface area (TPSA) is 8.17 Å². The number of thiophene rings is 1. The van der Waals surface area contributed by atoms with Crippen molar-refractivity contribution in [2.45, 2.75) is 0 Å². The number of halogens is 1. The second-order valence-electron chi connectivity index (χ2n) is 12.7. The van der Waals surface area contributed by atoms with Crippen molar-refractivity contribution in [1.29, 1.82) is 0 Å². The third kappa shape index (κ3) is 4.70. The fraction of sp³-hybridized carbons (Fsp3) is 0. The van der Waals surface area contributed by atoms with E-state index in [0.717, 1.165) is 39.4 Å². The molecule has 0 radical (unpaired) electrons. The molecule has 0 unspecified atom stereocenters. The normalized spacial score (nSPS) is 11.7. The first kappa shape index (κ1) is 29.1. The molecule has 4 heteroatoms. The predicted octanol–water partition coefficient (Wildman–Crippen LogP) is 14.1. The highest BCUT2D eigenvalue weighted by molar-refractivity contribution is 7.25. The molecule has 0 aliphatic rings. The molecule has 2 nitrogen and oxygen atoms in total. The number of nitrogens with zero attached hydrogens (tertiary/aromatic N) is 2. The molecule has 0 N–H and O–H groups in total. The van der Waals surface area contributed by atoms with Crippen LogP contribution in [0.3, 0.4) is 0 Å². The number of rotatable bonds is 5. The van der Waals surface area contributed by atoms with E-state index in [1.165, 1.54) is 47.2 Å². The van der Waals surface area contributed by atoms with Crippen LogP contribution in [0.2, 0.25) is 5.02 Å². The molecule has 2 aromatic heterocycles. The molecule has 10 rings (SSSR count). The molecule has 0 saturated heterocycles. The SMILES string of the molecule is Clc1cc(-c2ccc3c4ccc5ccccc5c4n(-c4ccccc4)c3c2)cc(N(c2ccccc2)c2ccc3sc4ccccc4c3c2)c1. The van der Waals surface area contributed by atoms with Gasteiger partial charge < -0.3 is 9.47 Å². The monoisotopic (exact) mass is 676 g/mol. The van der Waals surface area contributed by atoms with E-state index in [2.05, 4.69) is 185 Å². The predicted molar refractivity (Wildman–Crippen MR) is 216 cm³/mol. The van der Waals surface area contributed by atoms with Crippen LogP contribution in [-0.2, 0) is 0 Å². The Morgan fingerprint density at radius 1 is 0.440 bits per heavy atom. The van der Waals surface area contributed by atoms with Crippen LogP contribution in [0.5, 0.6) is 0 Å². The highest BCUT2D eigenvalue weighted by Crippen LogP contribution is 2.43. The Labute approximate surface area is 298 Å². The van der Waals surface area contributed by atoms with E-state index in [1.54, 1.807) is 0 Å². The Morgan fingerprint density at radius 3 is 2.02 bits per heavy atom. The van der Waals surface area contributed by atoms with E-state index in [0.29, 0.717) is 5.02 Å². The van der Waals surface area contributed by atoms with Crippen LogP contribution < -0.4 is 4.90 Å². The third-order valence-corrected chi connectivity index (χ3v) is 11.1. The quantitative estimate of drug-likeness (QED) is 0.176. The van der Waals surface area contributed by atoms with E-state index < -0.39 is 0 Å². The maximum absolute atomic E-state index is 7.02. The fourth-order valence-electron chi connectivity index (χ4n) is 7.55. The Kier molecular flexibility index (Phi) is 6.76. The van der Waals surface area contributed by atoms with Gasteiger partial charge in [0.05, 0.1) is 11.0 Å². The summed E-state index contributed by atoms with van der Waals surface area (Å²) in [6, 6.07) is 63.1. The van der Waals surface area contributed by atoms with Gasteiger partial charge in [-0.15, -0.1) is 11.3 Å². The lowest BCUT2D eigenvalue weighted by molar-refractivity contribution is 1.19. The summed E-state index contributed by atoms with van der Waals surface area (Å²) in [4.78, 5) is 2.31. The summed E-state index contributed by atoms with van der Waals surface area (Å²) >= 11 is 8.86. The van der Waals surface area contributed by atoms with Crippen LogP contribution in [0.15, 0.2) is 176 Å². The van der Waals surface area contributed by atoms with Crippen LogP contribution in [-0.4, -0.2) is 4.57 Å². The zero-order valence-corrected chi connectivity index (χ0v) is 28.5. The summed E-state index contributed by atoms with van der Waals surface area (Å²) in [5, 5.41) is 8.17. The summed E-state index contributed by atoms with van der Waals surface area (Å²) in [6.07, 6.45) is 0. The van der Waals surface area contributed by atoms with Gasteiger partial charge in [-0.1, -0.05) is 115 Å². The van der Waals surface area contributed by atoms with Crippen LogP contribution in [0.1, 0.15) is 0 Å². The zero-order chi connectivity index (χ0) is 33.2. The molecule has 0 bridgehead atoms. The second kappa shape index (κ2) is 11.6. The summed E-state index contributed by atoms with van der Waals surface area (Å²) < 4.78 is 5.00. The number of para-hydroxylation sites is 2. The minimum Gasteiger partial charge on any atom is -0.310 e. The average molecular weight is 677 g/mol. The van der Waals surface area contributed by atoms with E-state index in [4.69, 9.17) is 11.6 Å². The highest BCUT2D eigenvalue weighted by Gasteiger charge is 2.19. The van der Waals surface area contributed by atoms with Gasteiger partial charge in [0.1, 0.15) is 0 Å². The van der Waals surface area contributed by atoms with Crippen molar-refractivity contribution < 1.29 is 0 Å². The fourth-order valence-corrected chi connectivity index (χ4v) is 8.87. The first-order chi connectivity index (χ1) is 24.7. The van der Waals surface area contributed by atoms with Gasteiger partial charge in [-0.25, -0.2) is 0 Å². The van der Waals surface area contributed by atoms with Crippen LogP contribution in [0.4, 0.5) is 17.1 Å². The Morgan fingerprint density at radius 2 is 1.16 bits per heavy atom. The van der Waals surface area contributed by atoms with Crippen molar-refractivity contribution in [3.8, 4) is 16.8 Å². The van der Waals surface area contributed by atoms with Gasteiger partial charge >= 0.3 is 0 Å². The molecule has 0 amide bonds. The number of fused-ring (bicyclic) bond motifs is 8. The van der Waals surface area contributed by atoms with E-state index in [9.17, 15) is 0 Å². The molecule has 0 aliphatic heterocycles. The van der Waals surface area contributed by atoms with Crippen LogP contribution >= 0.6 is 22.9 Å². The summed E-state index contributed by atoms with van der Waals surface area (Å²) in [6.45, 7) is 0. The van der Waals surface area contributed by atoms with Crippen molar-refractivity contribution >= 4 is 92.8 Å². The van der Waals surface area contributed by atoms with Crippen molar-refractivity contribution in [2.75, 3.05) is 4.90 Å². The molecular weight excluding hydrogens is 648 g/mol. The molecule has 0 saturated carbocycles. The molecule has 8 aromatic carbocycles. The number of hydrogen-bond donors (Lipinski definition) is 0. The maximum atomic E-state index is 7.02. The number of aromatic nitrogens is 1. The molecule has 0 atom stereocenters. The molecule has 50 heavy (non-hydrogen) atoms. The van der Waals surface area contributed by atoms with E-state index >= 15 is 0 Å².